The van der Waals surface area contributed by atoms with Crippen molar-refractivity contribution in [3.8, 4) is 11.8 Å². The maximum absolute atomic E-state index is 11.0. The van der Waals surface area contributed by atoms with Gasteiger partial charge in [-0.2, -0.15) is 0 Å². The molecule has 0 radical (unpaired) electrons. The molecule has 84 valence electrons. The van der Waals surface area contributed by atoms with Gasteiger partial charge in [0.25, 0.3) is 0 Å². The lowest BCUT2D eigenvalue weighted by Crippen LogP contribution is -2.01. The van der Waals surface area contributed by atoms with Crippen molar-refractivity contribution in [3.63, 3.8) is 0 Å². The van der Waals surface area contributed by atoms with Crippen LogP contribution < -0.4 is 5.73 Å². The van der Waals surface area contributed by atoms with E-state index in [4.69, 9.17) is 22.1 Å². The van der Waals surface area contributed by atoms with Gasteiger partial charge < -0.3 is 10.5 Å². The first-order valence-corrected chi connectivity index (χ1v) is 5.06. The van der Waals surface area contributed by atoms with Crippen LogP contribution in [0.1, 0.15) is 18.9 Å². The molecule has 0 aliphatic carbocycles. The highest BCUT2D eigenvalue weighted by atomic mass is 35.5. The molecule has 0 aliphatic heterocycles. The molecule has 0 aromatic carbocycles. The number of halogens is 1. The van der Waals surface area contributed by atoms with E-state index in [2.05, 4.69) is 16.8 Å². The average molecular weight is 239 g/mol. The number of anilines is 1. The molecule has 0 amide bonds. The Bertz CT molecular complexity index is 449. The second-order valence-corrected chi connectivity index (χ2v) is 3.31. The highest BCUT2D eigenvalue weighted by Crippen LogP contribution is 2.13. The molecule has 2 N–H and O–H groups in total. The van der Waals surface area contributed by atoms with Crippen molar-refractivity contribution in [2.24, 2.45) is 0 Å². The van der Waals surface area contributed by atoms with Gasteiger partial charge in [-0.25, -0.2) is 4.98 Å². The first-order chi connectivity index (χ1) is 7.63. The second-order valence-electron chi connectivity index (χ2n) is 2.87. The van der Waals surface area contributed by atoms with E-state index >= 15 is 0 Å². The largest absolute Gasteiger partial charge is 0.465 e. The Hall–Kier alpha value is -1.73. The van der Waals surface area contributed by atoms with Crippen LogP contribution >= 0.6 is 11.6 Å². The summed E-state index contributed by atoms with van der Waals surface area (Å²) < 4.78 is 4.72. The third-order valence-corrected chi connectivity index (χ3v) is 1.85. The van der Waals surface area contributed by atoms with Gasteiger partial charge in [0.2, 0.25) is 0 Å². The van der Waals surface area contributed by atoms with Crippen LogP contribution in [0.3, 0.4) is 0 Å². The van der Waals surface area contributed by atoms with Crippen LogP contribution in [0.25, 0.3) is 0 Å². The lowest BCUT2D eigenvalue weighted by atomic mass is 10.2. The molecule has 0 fully saturated rings. The number of hydrogen-bond acceptors (Lipinski definition) is 4. The monoisotopic (exact) mass is 238 g/mol. The zero-order valence-corrected chi connectivity index (χ0v) is 9.54. The van der Waals surface area contributed by atoms with Gasteiger partial charge in [-0.1, -0.05) is 23.4 Å². The van der Waals surface area contributed by atoms with E-state index in [1.165, 1.54) is 6.20 Å². The molecular formula is C11H11ClN2O2. The lowest BCUT2D eigenvalue weighted by molar-refractivity contribution is -0.141. The SMILES string of the molecule is CCOC(=O)CC#Cc1cc(Cl)cnc1N. The van der Waals surface area contributed by atoms with Gasteiger partial charge in [0.05, 0.1) is 17.2 Å². The maximum atomic E-state index is 11.0. The minimum absolute atomic E-state index is 0.0276. The van der Waals surface area contributed by atoms with Crippen molar-refractivity contribution in [2.75, 3.05) is 12.3 Å². The first kappa shape index (κ1) is 12.3. The van der Waals surface area contributed by atoms with Gasteiger partial charge >= 0.3 is 5.97 Å². The minimum Gasteiger partial charge on any atom is -0.465 e. The van der Waals surface area contributed by atoms with Crippen LogP contribution in [0.4, 0.5) is 5.82 Å². The highest BCUT2D eigenvalue weighted by molar-refractivity contribution is 6.30. The summed E-state index contributed by atoms with van der Waals surface area (Å²) in [6.45, 7) is 2.09. The molecule has 0 aliphatic rings. The number of nitrogen functional groups attached to an aromatic ring is 1. The van der Waals surface area contributed by atoms with E-state index in [-0.39, 0.29) is 12.4 Å². The zero-order valence-electron chi connectivity index (χ0n) is 8.79. The smallest absolute Gasteiger partial charge is 0.317 e. The summed E-state index contributed by atoms with van der Waals surface area (Å²) in [6, 6.07) is 1.60. The minimum atomic E-state index is -0.358. The first-order valence-electron chi connectivity index (χ1n) is 4.69. The fourth-order valence-electron chi connectivity index (χ4n) is 0.974. The molecule has 5 heteroatoms. The summed E-state index contributed by atoms with van der Waals surface area (Å²) in [5, 5.41) is 0.453. The Morgan fingerprint density at radius 3 is 3.12 bits per heavy atom. The molecule has 4 nitrogen and oxygen atoms in total. The van der Waals surface area contributed by atoms with Crippen LogP contribution in [0.5, 0.6) is 0 Å². The van der Waals surface area contributed by atoms with E-state index in [1.807, 2.05) is 0 Å². The number of nitrogens with two attached hydrogens (primary N) is 1. The van der Waals surface area contributed by atoms with Crippen LogP contribution in [-0.2, 0) is 9.53 Å². The molecule has 0 unspecified atom stereocenters. The van der Waals surface area contributed by atoms with Crippen LogP contribution in [0, 0.1) is 11.8 Å². The molecule has 0 saturated heterocycles. The number of hydrogen-bond donors (Lipinski definition) is 1. The fourth-order valence-corrected chi connectivity index (χ4v) is 1.13. The standard InChI is InChI=1S/C11H11ClN2O2/c1-2-16-10(15)5-3-4-8-6-9(12)7-14-11(8)13/h6-7H,2,5H2,1H3,(H2,13,14). The van der Waals surface area contributed by atoms with Crippen molar-refractivity contribution >= 4 is 23.4 Å². The van der Waals surface area contributed by atoms with Gasteiger partial charge in [0.15, 0.2) is 0 Å². The maximum Gasteiger partial charge on any atom is 0.317 e. The lowest BCUT2D eigenvalue weighted by Gasteiger charge is -1.97. The number of rotatable bonds is 2. The predicted molar refractivity (Wildman–Crippen MR) is 61.8 cm³/mol. The molecular weight excluding hydrogens is 228 g/mol. The number of carbonyl (C=O) groups is 1. The second kappa shape index (κ2) is 5.99. The third kappa shape index (κ3) is 3.79. The average Bonchev–Trinajstić information content (AvgIpc) is 2.23. The van der Waals surface area contributed by atoms with Crippen molar-refractivity contribution in [1.29, 1.82) is 0 Å². The Morgan fingerprint density at radius 2 is 2.44 bits per heavy atom. The fraction of sp³-hybridized carbons (Fsp3) is 0.273. The third-order valence-electron chi connectivity index (χ3n) is 1.65. The van der Waals surface area contributed by atoms with Crippen molar-refractivity contribution < 1.29 is 9.53 Å². The molecule has 1 rings (SSSR count). The zero-order chi connectivity index (χ0) is 12.0. The molecule has 1 aromatic heterocycles. The van der Waals surface area contributed by atoms with E-state index in [1.54, 1.807) is 13.0 Å². The van der Waals surface area contributed by atoms with E-state index < -0.39 is 0 Å². The molecule has 1 aromatic rings. The molecule has 16 heavy (non-hydrogen) atoms. The summed E-state index contributed by atoms with van der Waals surface area (Å²) in [7, 11) is 0. The van der Waals surface area contributed by atoms with E-state index in [9.17, 15) is 4.79 Å². The number of aromatic nitrogens is 1. The predicted octanol–water partition coefficient (Wildman–Crippen LogP) is 1.62. The Labute approximate surface area is 98.8 Å². The van der Waals surface area contributed by atoms with Crippen LogP contribution in [0.15, 0.2) is 12.3 Å². The molecule has 1 heterocycles. The van der Waals surface area contributed by atoms with E-state index in [0.29, 0.717) is 23.0 Å². The molecule has 0 spiro atoms. The van der Waals surface area contributed by atoms with Crippen molar-refractivity contribution in [2.45, 2.75) is 13.3 Å². The number of pyridine rings is 1. The summed E-state index contributed by atoms with van der Waals surface area (Å²) in [4.78, 5) is 14.8. The van der Waals surface area contributed by atoms with Crippen molar-refractivity contribution in [1.82, 2.24) is 4.98 Å². The Balaban J connectivity index is 2.69. The Morgan fingerprint density at radius 1 is 1.69 bits per heavy atom. The molecule has 0 saturated carbocycles. The van der Waals surface area contributed by atoms with E-state index in [0.717, 1.165) is 0 Å². The van der Waals surface area contributed by atoms with Gasteiger partial charge in [0, 0.05) is 6.20 Å². The normalized spacial score (nSPS) is 9.12. The summed E-state index contributed by atoms with van der Waals surface area (Å²) >= 11 is 5.73. The summed E-state index contributed by atoms with van der Waals surface area (Å²) in [6.07, 6.45) is 1.47. The number of ether oxygens (including phenoxy) is 1. The number of carbonyl (C=O) groups excluding carboxylic acids is 1. The van der Waals surface area contributed by atoms with Crippen molar-refractivity contribution in [3.05, 3.63) is 22.8 Å². The number of esters is 1. The number of nitrogens with zero attached hydrogens (tertiary/aromatic N) is 1. The van der Waals surface area contributed by atoms with Crippen LogP contribution in [0.2, 0.25) is 5.02 Å². The van der Waals surface area contributed by atoms with Gasteiger partial charge in [-0.3, -0.25) is 4.79 Å². The highest BCUT2D eigenvalue weighted by Gasteiger charge is 1.99. The topological polar surface area (TPSA) is 65.2 Å². The van der Waals surface area contributed by atoms with Gasteiger partial charge in [-0.05, 0) is 13.0 Å². The van der Waals surface area contributed by atoms with Crippen LogP contribution in [-0.4, -0.2) is 17.6 Å². The quantitative estimate of drug-likeness (QED) is 0.628. The molecule has 0 bridgehead atoms. The Kier molecular flexibility index (Phi) is 4.62. The molecule has 0 atom stereocenters. The summed E-state index contributed by atoms with van der Waals surface area (Å²) in [5.74, 6) is 5.31. The summed E-state index contributed by atoms with van der Waals surface area (Å²) in [5.41, 5.74) is 6.09. The van der Waals surface area contributed by atoms with Gasteiger partial charge in [0.1, 0.15) is 12.2 Å². The van der Waals surface area contributed by atoms with Gasteiger partial charge in [-0.15, -0.1) is 0 Å².